The van der Waals surface area contributed by atoms with Gasteiger partial charge in [0.2, 0.25) is 0 Å². The quantitative estimate of drug-likeness (QED) is 0.813. The second-order valence-electron chi connectivity index (χ2n) is 5.75. The number of hydrogen-bond acceptors (Lipinski definition) is 4. The van der Waals surface area contributed by atoms with Gasteiger partial charge in [0.1, 0.15) is 17.7 Å². The molecule has 1 atom stereocenters. The van der Waals surface area contributed by atoms with E-state index in [1.807, 2.05) is 0 Å². The van der Waals surface area contributed by atoms with Crippen LogP contribution in [0.2, 0.25) is 0 Å². The summed E-state index contributed by atoms with van der Waals surface area (Å²) in [7, 11) is 0. The molecule has 1 N–H and O–H groups in total. The predicted octanol–water partition coefficient (Wildman–Crippen LogP) is 1.85. The molecule has 138 valence electrons. The van der Waals surface area contributed by atoms with Crippen LogP contribution in [0.1, 0.15) is 27.6 Å². The number of aliphatic carboxylic acids is 1. The molecule has 2 aromatic rings. The van der Waals surface area contributed by atoms with Gasteiger partial charge in [-0.05, 0) is 25.1 Å². The molecule has 0 spiro atoms. The summed E-state index contributed by atoms with van der Waals surface area (Å²) in [6.07, 6.45) is -4.89. The molecule has 26 heavy (non-hydrogen) atoms. The number of carbonyl (C=O) groups excluding carboxylic acids is 1. The smallest absolute Gasteiger partial charge is 0.419 e. The Morgan fingerprint density at radius 3 is 2.54 bits per heavy atom. The Bertz CT molecular complexity index is 894. The van der Waals surface area contributed by atoms with E-state index in [1.54, 1.807) is 6.92 Å². The van der Waals surface area contributed by atoms with Crippen LogP contribution in [0, 0.1) is 12.7 Å². The summed E-state index contributed by atoms with van der Waals surface area (Å²) >= 11 is 0. The van der Waals surface area contributed by atoms with E-state index in [-0.39, 0.29) is 18.7 Å². The molecular formula is C15H12F4N4O3. The number of halogens is 4. The van der Waals surface area contributed by atoms with Crippen molar-refractivity contribution in [1.82, 2.24) is 19.7 Å². The van der Waals surface area contributed by atoms with Crippen LogP contribution in [0.15, 0.2) is 18.2 Å². The maximum Gasteiger partial charge on any atom is 0.419 e. The van der Waals surface area contributed by atoms with E-state index in [4.69, 9.17) is 0 Å². The average Bonchev–Trinajstić information content (AvgIpc) is 2.92. The lowest BCUT2D eigenvalue weighted by atomic mass is 10.1. The Kier molecular flexibility index (Phi) is 4.17. The maximum atomic E-state index is 13.7. The fraction of sp³-hybridized carbons (Fsp3) is 0.333. The molecule has 0 saturated carbocycles. The van der Waals surface area contributed by atoms with Crippen LogP contribution in [-0.4, -0.2) is 42.7 Å². The van der Waals surface area contributed by atoms with Crippen LogP contribution in [0.4, 0.5) is 17.6 Å². The average molecular weight is 372 g/mol. The molecule has 1 aliphatic rings. The van der Waals surface area contributed by atoms with Crippen molar-refractivity contribution in [2.24, 2.45) is 0 Å². The number of carbonyl (C=O) groups is 2. The van der Waals surface area contributed by atoms with E-state index in [0.29, 0.717) is 23.8 Å². The van der Waals surface area contributed by atoms with Gasteiger partial charge in [0.25, 0.3) is 5.91 Å². The SMILES string of the molecule is Cc1nnc2n1CC(C(=O)O)N(C(=O)c1ccc(C(F)(F)F)c(F)c1)C2. The Morgan fingerprint density at radius 1 is 1.27 bits per heavy atom. The number of aromatic nitrogens is 3. The molecule has 0 saturated heterocycles. The van der Waals surface area contributed by atoms with Gasteiger partial charge in [-0.1, -0.05) is 0 Å². The van der Waals surface area contributed by atoms with Crippen LogP contribution in [-0.2, 0) is 24.1 Å². The Balaban J connectivity index is 1.95. The summed E-state index contributed by atoms with van der Waals surface area (Å²) in [4.78, 5) is 25.1. The monoisotopic (exact) mass is 372 g/mol. The number of benzene rings is 1. The molecule has 11 heteroatoms. The van der Waals surface area contributed by atoms with E-state index in [1.165, 1.54) is 4.57 Å². The van der Waals surface area contributed by atoms with E-state index in [2.05, 4.69) is 10.2 Å². The highest BCUT2D eigenvalue weighted by molar-refractivity contribution is 5.96. The molecule has 1 unspecified atom stereocenters. The summed E-state index contributed by atoms with van der Waals surface area (Å²) in [5.41, 5.74) is -1.88. The number of amides is 1. The number of alkyl halides is 3. The predicted molar refractivity (Wildman–Crippen MR) is 77.5 cm³/mol. The first-order valence-electron chi connectivity index (χ1n) is 7.38. The van der Waals surface area contributed by atoms with Crippen LogP contribution >= 0.6 is 0 Å². The fourth-order valence-corrected chi connectivity index (χ4v) is 2.78. The molecule has 2 heterocycles. The van der Waals surface area contributed by atoms with Crippen molar-refractivity contribution in [2.45, 2.75) is 32.2 Å². The number of carboxylic acid groups (broad SMARTS) is 1. The first kappa shape index (κ1) is 17.8. The third-order valence-corrected chi connectivity index (χ3v) is 4.12. The van der Waals surface area contributed by atoms with Crippen molar-refractivity contribution < 1.29 is 32.3 Å². The van der Waals surface area contributed by atoms with E-state index in [9.17, 15) is 32.3 Å². The normalized spacial score (nSPS) is 17.1. The maximum absolute atomic E-state index is 13.7. The zero-order chi connectivity index (χ0) is 19.2. The molecule has 3 rings (SSSR count). The van der Waals surface area contributed by atoms with E-state index in [0.717, 1.165) is 11.0 Å². The van der Waals surface area contributed by atoms with Crippen molar-refractivity contribution in [1.29, 1.82) is 0 Å². The molecule has 7 nitrogen and oxygen atoms in total. The zero-order valence-corrected chi connectivity index (χ0v) is 13.3. The van der Waals surface area contributed by atoms with Gasteiger partial charge in [-0.2, -0.15) is 13.2 Å². The first-order valence-corrected chi connectivity index (χ1v) is 7.38. The fourth-order valence-electron chi connectivity index (χ4n) is 2.78. The van der Waals surface area contributed by atoms with Gasteiger partial charge in [0.15, 0.2) is 5.82 Å². The summed E-state index contributed by atoms with van der Waals surface area (Å²) < 4.78 is 53.2. The molecule has 0 aliphatic carbocycles. The van der Waals surface area contributed by atoms with Gasteiger partial charge in [-0.25, -0.2) is 9.18 Å². The topological polar surface area (TPSA) is 88.3 Å². The van der Waals surface area contributed by atoms with Gasteiger partial charge < -0.3 is 14.6 Å². The Hall–Kier alpha value is -2.98. The minimum absolute atomic E-state index is 0.113. The second-order valence-corrected chi connectivity index (χ2v) is 5.75. The number of rotatable bonds is 2. The zero-order valence-electron chi connectivity index (χ0n) is 13.3. The van der Waals surface area contributed by atoms with E-state index >= 15 is 0 Å². The van der Waals surface area contributed by atoms with Crippen molar-refractivity contribution in [3.05, 3.63) is 46.8 Å². The molecule has 1 aromatic heterocycles. The van der Waals surface area contributed by atoms with Gasteiger partial charge in [0.05, 0.1) is 18.7 Å². The van der Waals surface area contributed by atoms with Crippen molar-refractivity contribution in [3.63, 3.8) is 0 Å². The van der Waals surface area contributed by atoms with Crippen LogP contribution in [0.25, 0.3) is 0 Å². The molecule has 0 fully saturated rings. The van der Waals surface area contributed by atoms with Crippen molar-refractivity contribution in [2.75, 3.05) is 0 Å². The molecule has 1 aliphatic heterocycles. The third kappa shape index (κ3) is 3.00. The Labute approximate surface area is 143 Å². The summed E-state index contributed by atoms with van der Waals surface area (Å²) in [6.45, 7) is 1.30. The van der Waals surface area contributed by atoms with Crippen LogP contribution in [0.5, 0.6) is 0 Å². The second kappa shape index (κ2) is 6.07. The van der Waals surface area contributed by atoms with Crippen LogP contribution < -0.4 is 0 Å². The minimum atomic E-state index is -4.89. The van der Waals surface area contributed by atoms with Gasteiger partial charge in [-0.15, -0.1) is 10.2 Å². The molecule has 1 aromatic carbocycles. The standard InChI is InChI=1S/C15H12F4N4O3/c1-7-20-21-12-6-23(11(14(25)26)5-22(7)12)13(24)8-2-3-9(10(16)4-8)15(17,18)19/h2-4,11H,5-6H2,1H3,(H,25,26). The summed E-state index contributed by atoms with van der Waals surface area (Å²) in [5, 5.41) is 17.0. The third-order valence-electron chi connectivity index (χ3n) is 4.12. The highest BCUT2D eigenvalue weighted by Crippen LogP contribution is 2.32. The van der Waals surface area contributed by atoms with Crippen molar-refractivity contribution in [3.8, 4) is 0 Å². The molecule has 0 radical (unpaired) electrons. The van der Waals surface area contributed by atoms with Gasteiger partial charge in [-0.3, -0.25) is 4.79 Å². The largest absolute Gasteiger partial charge is 0.480 e. The number of carboxylic acids is 1. The van der Waals surface area contributed by atoms with Gasteiger partial charge >= 0.3 is 12.1 Å². The number of nitrogens with zero attached hydrogens (tertiary/aromatic N) is 4. The van der Waals surface area contributed by atoms with Crippen LogP contribution in [0.3, 0.4) is 0 Å². The molecule has 0 bridgehead atoms. The molecular weight excluding hydrogens is 360 g/mol. The first-order chi connectivity index (χ1) is 12.1. The number of aryl methyl sites for hydroxylation is 1. The van der Waals surface area contributed by atoms with Gasteiger partial charge in [0, 0.05) is 5.56 Å². The Morgan fingerprint density at radius 2 is 1.96 bits per heavy atom. The van der Waals surface area contributed by atoms with Crippen molar-refractivity contribution >= 4 is 11.9 Å². The highest BCUT2D eigenvalue weighted by atomic mass is 19.4. The number of fused-ring (bicyclic) bond motifs is 1. The summed E-state index contributed by atoms with van der Waals surface area (Å²) in [5.74, 6) is -3.01. The lowest BCUT2D eigenvalue weighted by Crippen LogP contribution is -2.50. The minimum Gasteiger partial charge on any atom is -0.480 e. The summed E-state index contributed by atoms with van der Waals surface area (Å²) in [6, 6.07) is 0.441. The number of hydrogen-bond donors (Lipinski definition) is 1. The lowest BCUT2D eigenvalue weighted by molar-refractivity contribution is -0.143. The highest BCUT2D eigenvalue weighted by Gasteiger charge is 2.38. The van der Waals surface area contributed by atoms with E-state index < -0.39 is 35.5 Å². The lowest BCUT2D eigenvalue weighted by Gasteiger charge is -2.33. The molecule has 1 amide bonds.